The molecule has 1 amide bonds. The van der Waals surface area contributed by atoms with Gasteiger partial charge in [0.15, 0.2) is 0 Å². The summed E-state index contributed by atoms with van der Waals surface area (Å²) in [6.07, 6.45) is 2.04. The van der Waals surface area contributed by atoms with Gasteiger partial charge >= 0.3 is 0 Å². The number of benzene rings is 3. The molecule has 1 aromatic heterocycles. The minimum Gasteiger partial charge on any atom is -0.383 e. The number of aromatic nitrogens is 1. The minimum atomic E-state index is -0.431. The molecule has 1 unspecified atom stereocenters. The number of nitro benzene ring substituents is 1. The van der Waals surface area contributed by atoms with E-state index in [2.05, 4.69) is 5.32 Å². The average molecular weight is 476 g/mol. The van der Waals surface area contributed by atoms with Gasteiger partial charge in [-0.1, -0.05) is 42.5 Å². The van der Waals surface area contributed by atoms with Crippen LogP contribution in [0, 0.1) is 15.9 Å². The van der Waals surface area contributed by atoms with Gasteiger partial charge in [-0.15, -0.1) is 0 Å². The van der Waals surface area contributed by atoms with Crippen molar-refractivity contribution in [3.63, 3.8) is 0 Å². The van der Waals surface area contributed by atoms with Crippen molar-refractivity contribution in [1.82, 2.24) is 9.88 Å². The van der Waals surface area contributed by atoms with Gasteiger partial charge in [0.05, 0.1) is 11.5 Å². The number of ether oxygens (including phenoxy) is 1. The van der Waals surface area contributed by atoms with Crippen molar-refractivity contribution >= 4 is 22.5 Å². The summed E-state index contributed by atoms with van der Waals surface area (Å²) >= 11 is 0. The summed E-state index contributed by atoms with van der Waals surface area (Å²) in [7, 11) is 1.56. The van der Waals surface area contributed by atoms with E-state index in [1.807, 2.05) is 41.1 Å². The van der Waals surface area contributed by atoms with E-state index in [1.54, 1.807) is 31.4 Å². The van der Waals surface area contributed by atoms with Gasteiger partial charge < -0.3 is 14.6 Å². The lowest BCUT2D eigenvalue weighted by Crippen LogP contribution is -2.28. The predicted molar refractivity (Wildman–Crippen MR) is 132 cm³/mol. The number of nitrogens with one attached hydrogen (secondary N) is 1. The Morgan fingerprint density at radius 1 is 1.11 bits per heavy atom. The normalized spacial score (nSPS) is 11.9. The van der Waals surface area contributed by atoms with E-state index in [9.17, 15) is 19.3 Å². The van der Waals surface area contributed by atoms with E-state index in [1.165, 1.54) is 18.2 Å². The Bertz CT molecular complexity index is 1320. The van der Waals surface area contributed by atoms with Crippen molar-refractivity contribution in [2.45, 2.75) is 18.9 Å². The van der Waals surface area contributed by atoms with Crippen molar-refractivity contribution in [2.75, 3.05) is 20.3 Å². The first-order valence-corrected chi connectivity index (χ1v) is 11.3. The van der Waals surface area contributed by atoms with Crippen LogP contribution in [-0.2, 0) is 16.1 Å². The quantitative estimate of drug-likeness (QED) is 0.198. The van der Waals surface area contributed by atoms with E-state index in [4.69, 9.17) is 4.74 Å². The molecule has 0 aliphatic heterocycles. The predicted octanol–water partition coefficient (Wildman–Crippen LogP) is 5.02. The summed E-state index contributed by atoms with van der Waals surface area (Å²) in [4.78, 5) is 23.9. The molecular weight excluding hydrogens is 449 g/mol. The molecule has 35 heavy (non-hydrogen) atoms. The zero-order valence-corrected chi connectivity index (χ0v) is 19.3. The zero-order chi connectivity index (χ0) is 24.8. The second kappa shape index (κ2) is 10.9. The maximum absolute atomic E-state index is 13.7. The highest BCUT2D eigenvalue weighted by molar-refractivity contribution is 5.88. The standard InChI is InChI=1S/C27H26FN3O4/c1-35-14-13-29-27(32)16-23(20-7-9-21(28)10-8-20)25-18-30(17-19-5-3-2-4-6-19)26-12-11-22(31(33)34)15-24(25)26/h2-12,15,18,23H,13-14,16-17H2,1H3,(H,29,32). The van der Waals surface area contributed by atoms with Crippen molar-refractivity contribution in [3.05, 3.63) is 112 Å². The van der Waals surface area contributed by atoms with E-state index in [0.29, 0.717) is 25.1 Å². The second-order valence-corrected chi connectivity index (χ2v) is 8.31. The van der Waals surface area contributed by atoms with Crippen LogP contribution in [0.3, 0.4) is 0 Å². The second-order valence-electron chi connectivity index (χ2n) is 8.31. The molecular formula is C27H26FN3O4. The maximum atomic E-state index is 13.7. The Kier molecular flexibility index (Phi) is 7.52. The lowest BCUT2D eigenvalue weighted by atomic mass is 9.88. The smallest absolute Gasteiger partial charge is 0.270 e. The van der Waals surface area contributed by atoms with Crippen LogP contribution in [0.15, 0.2) is 79.0 Å². The molecule has 8 heteroatoms. The molecule has 0 fully saturated rings. The molecule has 4 aromatic rings. The van der Waals surface area contributed by atoms with Crippen LogP contribution in [0.5, 0.6) is 0 Å². The summed E-state index contributed by atoms with van der Waals surface area (Å²) in [5, 5.41) is 15.1. The Morgan fingerprint density at radius 2 is 1.86 bits per heavy atom. The van der Waals surface area contributed by atoms with E-state index >= 15 is 0 Å². The maximum Gasteiger partial charge on any atom is 0.270 e. The molecule has 1 N–H and O–H groups in total. The van der Waals surface area contributed by atoms with Gasteiger partial charge in [0.1, 0.15) is 5.82 Å². The number of hydrogen-bond donors (Lipinski definition) is 1. The van der Waals surface area contributed by atoms with Gasteiger partial charge in [0.2, 0.25) is 5.91 Å². The van der Waals surface area contributed by atoms with Crippen LogP contribution >= 0.6 is 0 Å². The number of carbonyl (C=O) groups excluding carboxylic acids is 1. The lowest BCUT2D eigenvalue weighted by molar-refractivity contribution is -0.384. The summed E-state index contributed by atoms with van der Waals surface area (Å²) in [6.45, 7) is 1.31. The Balaban J connectivity index is 1.82. The third-order valence-electron chi connectivity index (χ3n) is 5.97. The number of nitrogens with zero attached hydrogens (tertiary/aromatic N) is 2. The minimum absolute atomic E-state index is 0.0291. The molecule has 1 atom stereocenters. The molecule has 0 aliphatic rings. The molecule has 0 bridgehead atoms. The van der Waals surface area contributed by atoms with Gasteiger partial charge in [-0.05, 0) is 34.9 Å². The molecule has 7 nitrogen and oxygen atoms in total. The number of fused-ring (bicyclic) bond motifs is 1. The van der Waals surface area contributed by atoms with Crippen molar-refractivity contribution in [1.29, 1.82) is 0 Å². The molecule has 0 saturated carbocycles. The van der Waals surface area contributed by atoms with Crippen LogP contribution in [0.1, 0.15) is 29.0 Å². The highest BCUT2D eigenvalue weighted by Gasteiger charge is 2.24. The first-order chi connectivity index (χ1) is 17.0. The number of carbonyl (C=O) groups is 1. The summed E-state index contributed by atoms with van der Waals surface area (Å²) in [5.74, 6) is -0.996. The number of nitro groups is 1. The number of rotatable bonds is 10. The van der Waals surface area contributed by atoms with E-state index in [-0.39, 0.29) is 23.8 Å². The van der Waals surface area contributed by atoms with Crippen LogP contribution in [0.4, 0.5) is 10.1 Å². The van der Waals surface area contributed by atoms with E-state index in [0.717, 1.165) is 22.2 Å². The number of hydrogen-bond acceptors (Lipinski definition) is 4. The topological polar surface area (TPSA) is 86.4 Å². The number of amides is 1. The van der Waals surface area contributed by atoms with Crippen molar-refractivity contribution in [3.8, 4) is 0 Å². The van der Waals surface area contributed by atoms with Gasteiger partial charge in [0, 0.05) is 61.8 Å². The lowest BCUT2D eigenvalue weighted by Gasteiger charge is -2.17. The molecule has 0 spiro atoms. The van der Waals surface area contributed by atoms with Crippen molar-refractivity contribution in [2.24, 2.45) is 0 Å². The van der Waals surface area contributed by atoms with Gasteiger partial charge in [-0.3, -0.25) is 14.9 Å². The molecule has 1 heterocycles. The number of non-ortho nitro benzene ring substituents is 1. The van der Waals surface area contributed by atoms with Gasteiger partial charge in [-0.25, -0.2) is 4.39 Å². The number of methoxy groups -OCH3 is 1. The van der Waals surface area contributed by atoms with Crippen LogP contribution in [0.25, 0.3) is 10.9 Å². The van der Waals surface area contributed by atoms with Crippen molar-refractivity contribution < 1.29 is 18.8 Å². The molecule has 4 rings (SSSR count). The fraction of sp³-hybridized carbons (Fsp3) is 0.222. The average Bonchev–Trinajstić information content (AvgIpc) is 3.21. The first kappa shape index (κ1) is 24.1. The van der Waals surface area contributed by atoms with Crippen LogP contribution in [-0.4, -0.2) is 35.7 Å². The van der Waals surface area contributed by atoms with Gasteiger partial charge in [0.25, 0.3) is 5.69 Å². The molecule has 0 radical (unpaired) electrons. The Morgan fingerprint density at radius 3 is 2.54 bits per heavy atom. The molecule has 3 aromatic carbocycles. The monoisotopic (exact) mass is 475 g/mol. The Hall–Kier alpha value is -4.04. The van der Waals surface area contributed by atoms with Crippen LogP contribution in [0.2, 0.25) is 0 Å². The van der Waals surface area contributed by atoms with Crippen LogP contribution < -0.4 is 5.32 Å². The summed E-state index contributed by atoms with van der Waals surface area (Å²) < 4.78 is 20.7. The molecule has 180 valence electrons. The zero-order valence-electron chi connectivity index (χ0n) is 19.3. The largest absolute Gasteiger partial charge is 0.383 e. The highest BCUT2D eigenvalue weighted by atomic mass is 19.1. The van der Waals surface area contributed by atoms with Gasteiger partial charge in [-0.2, -0.15) is 0 Å². The highest BCUT2D eigenvalue weighted by Crippen LogP contribution is 2.36. The third-order valence-corrected chi connectivity index (χ3v) is 5.97. The number of halogens is 1. The summed E-state index contributed by atoms with van der Waals surface area (Å²) in [5.41, 5.74) is 3.39. The first-order valence-electron chi connectivity index (χ1n) is 11.3. The fourth-order valence-corrected chi connectivity index (χ4v) is 4.27. The third kappa shape index (κ3) is 5.73. The molecule has 0 saturated heterocycles. The fourth-order valence-electron chi connectivity index (χ4n) is 4.27. The summed E-state index contributed by atoms with van der Waals surface area (Å²) in [6, 6.07) is 20.7. The molecule has 0 aliphatic carbocycles. The van der Waals surface area contributed by atoms with E-state index < -0.39 is 10.8 Å². The Labute approximate surface area is 202 Å². The SMILES string of the molecule is COCCNC(=O)CC(c1ccc(F)cc1)c1cn(Cc2ccccc2)c2ccc([N+](=O)[O-])cc12.